The van der Waals surface area contributed by atoms with Crippen LogP contribution < -0.4 is 10.0 Å². The highest BCUT2D eigenvalue weighted by Crippen LogP contribution is 1.98. The molecule has 1 aliphatic heterocycles. The summed E-state index contributed by atoms with van der Waals surface area (Å²) in [5, 5.41) is 3.26. The van der Waals surface area contributed by atoms with E-state index in [9.17, 15) is 8.42 Å². The molecule has 6 nitrogen and oxygen atoms in total. The second-order valence-electron chi connectivity index (χ2n) is 5.52. The first kappa shape index (κ1) is 16.8. The van der Waals surface area contributed by atoms with Gasteiger partial charge >= 0.3 is 0 Å². The van der Waals surface area contributed by atoms with Crippen molar-refractivity contribution in [3.8, 4) is 0 Å². The van der Waals surface area contributed by atoms with Crippen LogP contribution in [0.15, 0.2) is 0 Å². The molecule has 7 heteroatoms. The Morgan fingerprint density at radius 2 is 1.95 bits per heavy atom. The van der Waals surface area contributed by atoms with Crippen molar-refractivity contribution in [1.82, 2.24) is 19.8 Å². The van der Waals surface area contributed by atoms with Gasteiger partial charge in [0, 0.05) is 38.8 Å². The van der Waals surface area contributed by atoms with Crippen LogP contribution in [0, 0.1) is 0 Å². The lowest BCUT2D eigenvalue weighted by atomic mass is 10.2. The molecule has 0 aromatic rings. The van der Waals surface area contributed by atoms with Crippen LogP contribution in [0.3, 0.4) is 0 Å². The van der Waals surface area contributed by atoms with E-state index in [-0.39, 0.29) is 11.8 Å². The number of rotatable bonds is 8. The fourth-order valence-electron chi connectivity index (χ4n) is 2.06. The smallest absolute Gasteiger partial charge is 0.213 e. The van der Waals surface area contributed by atoms with Crippen molar-refractivity contribution < 1.29 is 8.42 Å². The minimum atomic E-state index is -3.16. The molecule has 0 bridgehead atoms. The number of hydrogen-bond donors (Lipinski definition) is 2. The Kier molecular flexibility index (Phi) is 7.23. The molecular formula is C12H28N4O2S. The lowest BCUT2D eigenvalue weighted by molar-refractivity contribution is 0.253. The zero-order chi connectivity index (χ0) is 14.3. The predicted octanol–water partition coefficient (Wildman–Crippen LogP) is -0.849. The van der Waals surface area contributed by atoms with Gasteiger partial charge in [0.2, 0.25) is 10.0 Å². The summed E-state index contributed by atoms with van der Waals surface area (Å²) < 4.78 is 26.7. The molecule has 0 radical (unpaired) electrons. The molecule has 1 aliphatic rings. The van der Waals surface area contributed by atoms with Crippen molar-refractivity contribution in [1.29, 1.82) is 0 Å². The van der Waals surface area contributed by atoms with Gasteiger partial charge in [-0.05, 0) is 34.0 Å². The molecule has 0 spiro atoms. The van der Waals surface area contributed by atoms with E-state index < -0.39 is 10.0 Å². The summed E-state index contributed by atoms with van der Waals surface area (Å²) in [6, 6.07) is -0.00424. The average Bonchev–Trinajstić information content (AvgIpc) is 2.35. The minimum absolute atomic E-state index is 0.00424. The molecule has 0 aliphatic carbocycles. The summed E-state index contributed by atoms with van der Waals surface area (Å²) in [4.78, 5) is 4.26. The standard InChI is InChI=1S/C12H28N4O2S/c1-12(4-7-15(2)3)14-19(17,18)11-10-16-8-5-13-6-9-16/h12-14H,4-11H2,1-3H3. The lowest BCUT2D eigenvalue weighted by Gasteiger charge is -2.27. The van der Waals surface area contributed by atoms with Gasteiger partial charge in [0.15, 0.2) is 0 Å². The number of sulfonamides is 1. The topological polar surface area (TPSA) is 64.7 Å². The van der Waals surface area contributed by atoms with E-state index in [1.807, 2.05) is 21.0 Å². The summed E-state index contributed by atoms with van der Waals surface area (Å²) in [5.74, 6) is 0.194. The molecular weight excluding hydrogens is 264 g/mol. The largest absolute Gasteiger partial charge is 0.314 e. The third-order valence-corrected chi connectivity index (χ3v) is 4.76. The Bertz CT molecular complexity index is 340. The van der Waals surface area contributed by atoms with E-state index in [4.69, 9.17) is 0 Å². The van der Waals surface area contributed by atoms with Crippen LogP contribution >= 0.6 is 0 Å². The molecule has 1 unspecified atom stereocenters. The van der Waals surface area contributed by atoms with E-state index in [1.54, 1.807) is 0 Å². The normalized spacial score (nSPS) is 19.8. The number of nitrogens with one attached hydrogen (secondary N) is 2. The Labute approximate surface area is 117 Å². The summed E-state index contributed by atoms with van der Waals surface area (Å²) >= 11 is 0. The van der Waals surface area contributed by atoms with Gasteiger partial charge in [-0.3, -0.25) is 4.90 Å². The highest BCUT2D eigenvalue weighted by molar-refractivity contribution is 7.89. The first-order chi connectivity index (χ1) is 8.89. The van der Waals surface area contributed by atoms with Gasteiger partial charge in [-0.25, -0.2) is 13.1 Å². The molecule has 0 aromatic heterocycles. The van der Waals surface area contributed by atoms with E-state index in [1.165, 1.54) is 0 Å². The average molecular weight is 292 g/mol. The third kappa shape index (κ3) is 7.84. The second kappa shape index (κ2) is 8.16. The summed E-state index contributed by atoms with van der Waals surface area (Å²) in [7, 11) is 0.825. The summed E-state index contributed by atoms with van der Waals surface area (Å²) in [6.45, 7) is 7.21. The molecule has 114 valence electrons. The van der Waals surface area contributed by atoms with E-state index in [2.05, 4.69) is 19.8 Å². The maximum absolute atomic E-state index is 12.0. The molecule has 0 saturated carbocycles. The fraction of sp³-hybridized carbons (Fsp3) is 1.00. The molecule has 0 aromatic carbocycles. The Morgan fingerprint density at radius 3 is 2.53 bits per heavy atom. The predicted molar refractivity (Wildman–Crippen MR) is 78.9 cm³/mol. The molecule has 19 heavy (non-hydrogen) atoms. The van der Waals surface area contributed by atoms with Crippen molar-refractivity contribution in [2.24, 2.45) is 0 Å². The first-order valence-electron chi connectivity index (χ1n) is 6.97. The number of piperazine rings is 1. The molecule has 0 amide bonds. The SMILES string of the molecule is CC(CCN(C)C)NS(=O)(=O)CCN1CCNCC1. The molecule has 2 N–H and O–H groups in total. The second-order valence-corrected chi connectivity index (χ2v) is 7.39. The van der Waals surface area contributed by atoms with E-state index in [0.29, 0.717) is 6.54 Å². The quantitative estimate of drug-likeness (QED) is 0.610. The van der Waals surface area contributed by atoms with Crippen LogP contribution in [-0.4, -0.2) is 83.4 Å². The summed E-state index contributed by atoms with van der Waals surface area (Å²) in [6.07, 6.45) is 0.833. The van der Waals surface area contributed by atoms with E-state index in [0.717, 1.165) is 39.1 Å². The van der Waals surface area contributed by atoms with Crippen LogP contribution in [0.2, 0.25) is 0 Å². The van der Waals surface area contributed by atoms with Crippen molar-refractivity contribution in [2.75, 3.05) is 59.1 Å². The number of nitrogens with zero attached hydrogens (tertiary/aromatic N) is 2. The maximum Gasteiger partial charge on any atom is 0.213 e. The van der Waals surface area contributed by atoms with Crippen molar-refractivity contribution in [2.45, 2.75) is 19.4 Å². The van der Waals surface area contributed by atoms with Crippen LogP contribution in [-0.2, 0) is 10.0 Å². The van der Waals surface area contributed by atoms with Crippen LogP contribution in [0.5, 0.6) is 0 Å². The van der Waals surface area contributed by atoms with Gasteiger partial charge < -0.3 is 10.2 Å². The molecule has 1 rings (SSSR count). The Hall–Kier alpha value is -0.210. The minimum Gasteiger partial charge on any atom is -0.314 e. The van der Waals surface area contributed by atoms with E-state index >= 15 is 0 Å². The lowest BCUT2D eigenvalue weighted by Crippen LogP contribution is -2.46. The van der Waals surface area contributed by atoms with Gasteiger partial charge in [0.25, 0.3) is 0 Å². The third-order valence-electron chi connectivity index (χ3n) is 3.28. The van der Waals surface area contributed by atoms with Gasteiger partial charge in [-0.1, -0.05) is 0 Å². The zero-order valence-electron chi connectivity index (χ0n) is 12.4. The van der Waals surface area contributed by atoms with Gasteiger partial charge in [-0.15, -0.1) is 0 Å². The highest BCUT2D eigenvalue weighted by atomic mass is 32.2. The molecule has 1 heterocycles. The maximum atomic E-state index is 12.0. The Balaban J connectivity index is 2.26. The van der Waals surface area contributed by atoms with Gasteiger partial charge in [0.05, 0.1) is 5.75 Å². The zero-order valence-corrected chi connectivity index (χ0v) is 13.2. The molecule has 1 atom stereocenters. The monoisotopic (exact) mass is 292 g/mol. The van der Waals surface area contributed by atoms with Crippen molar-refractivity contribution in [3.63, 3.8) is 0 Å². The summed E-state index contributed by atoms with van der Waals surface area (Å²) in [5.41, 5.74) is 0. The molecule has 1 fully saturated rings. The van der Waals surface area contributed by atoms with Gasteiger partial charge in [-0.2, -0.15) is 0 Å². The van der Waals surface area contributed by atoms with Gasteiger partial charge in [0.1, 0.15) is 0 Å². The van der Waals surface area contributed by atoms with Crippen LogP contribution in [0.1, 0.15) is 13.3 Å². The fourth-order valence-corrected chi connectivity index (χ4v) is 3.41. The van der Waals surface area contributed by atoms with Crippen LogP contribution in [0.25, 0.3) is 0 Å². The van der Waals surface area contributed by atoms with Crippen molar-refractivity contribution in [3.05, 3.63) is 0 Å². The van der Waals surface area contributed by atoms with Crippen molar-refractivity contribution >= 4 is 10.0 Å². The number of hydrogen-bond acceptors (Lipinski definition) is 5. The highest BCUT2D eigenvalue weighted by Gasteiger charge is 2.17. The van der Waals surface area contributed by atoms with Crippen LogP contribution in [0.4, 0.5) is 0 Å². The Morgan fingerprint density at radius 1 is 1.32 bits per heavy atom. The molecule has 1 saturated heterocycles. The first-order valence-corrected chi connectivity index (χ1v) is 8.62.